The molecular formula is C10H11NO3. The van der Waals surface area contributed by atoms with Crippen LogP contribution in [0.4, 0.5) is 5.69 Å². The molecule has 1 aromatic rings. The number of hydrogen-bond acceptors (Lipinski definition) is 4. The third-order valence-corrected chi connectivity index (χ3v) is 1.72. The predicted molar refractivity (Wildman–Crippen MR) is 52.2 cm³/mol. The highest BCUT2D eigenvalue weighted by Crippen LogP contribution is 2.12. The van der Waals surface area contributed by atoms with Gasteiger partial charge in [-0.2, -0.15) is 0 Å². The average Bonchev–Trinajstić information content (AvgIpc) is 2.19. The Hall–Kier alpha value is -1.84. The van der Waals surface area contributed by atoms with E-state index in [1.165, 1.54) is 18.2 Å². The van der Waals surface area contributed by atoms with Crippen molar-refractivity contribution in [3.05, 3.63) is 29.3 Å². The summed E-state index contributed by atoms with van der Waals surface area (Å²) in [6.45, 7) is 2.02. The standard InChI is InChI=1S/C10H11NO3/c1-2-14-10(13)7-3-4-9(11)8(5-7)6-12/h3-6H,2,11H2,1H3. The summed E-state index contributed by atoms with van der Waals surface area (Å²) in [5, 5.41) is 0. The van der Waals surface area contributed by atoms with Crippen molar-refractivity contribution in [1.29, 1.82) is 0 Å². The normalized spacial score (nSPS) is 9.50. The van der Waals surface area contributed by atoms with E-state index in [9.17, 15) is 9.59 Å². The van der Waals surface area contributed by atoms with Crippen LogP contribution < -0.4 is 5.73 Å². The lowest BCUT2D eigenvalue weighted by atomic mass is 10.1. The van der Waals surface area contributed by atoms with Crippen LogP contribution in [0.5, 0.6) is 0 Å². The highest BCUT2D eigenvalue weighted by molar-refractivity contribution is 5.93. The molecule has 1 aromatic carbocycles. The number of aldehydes is 1. The van der Waals surface area contributed by atoms with Gasteiger partial charge in [0.25, 0.3) is 0 Å². The van der Waals surface area contributed by atoms with Crippen LogP contribution in [0.2, 0.25) is 0 Å². The van der Waals surface area contributed by atoms with E-state index < -0.39 is 5.97 Å². The summed E-state index contributed by atoms with van der Waals surface area (Å²) in [5.41, 5.74) is 6.48. The zero-order chi connectivity index (χ0) is 10.6. The molecular weight excluding hydrogens is 182 g/mol. The van der Waals surface area contributed by atoms with Gasteiger partial charge < -0.3 is 10.5 Å². The van der Waals surface area contributed by atoms with Crippen LogP contribution in [0.1, 0.15) is 27.6 Å². The molecule has 0 saturated carbocycles. The minimum absolute atomic E-state index is 0.301. The van der Waals surface area contributed by atoms with Crippen molar-refractivity contribution in [3.63, 3.8) is 0 Å². The van der Waals surface area contributed by atoms with E-state index in [1.807, 2.05) is 0 Å². The number of rotatable bonds is 3. The van der Waals surface area contributed by atoms with Crippen LogP contribution in [0, 0.1) is 0 Å². The van der Waals surface area contributed by atoms with Crippen molar-refractivity contribution in [2.75, 3.05) is 12.3 Å². The molecule has 0 aliphatic heterocycles. The fraction of sp³-hybridized carbons (Fsp3) is 0.200. The minimum Gasteiger partial charge on any atom is -0.462 e. The first kappa shape index (κ1) is 10.2. The van der Waals surface area contributed by atoms with Gasteiger partial charge in [0.05, 0.1) is 12.2 Å². The SMILES string of the molecule is CCOC(=O)c1ccc(N)c(C=O)c1. The molecule has 0 amide bonds. The molecule has 4 heteroatoms. The van der Waals surface area contributed by atoms with Gasteiger partial charge in [0.15, 0.2) is 6.29 Å². The molecule has 74 valence electrons. The van der Waals surface area contributed by atoms with Crippen LogP contribution in [-0.2, 0) is 4.74 Å². The van der Waals surface area contributed by atoms with E-state index in [0.29, 0.717) is 29.7 Å². The fourth-order valence-corrected chi connectivity index (χ4v) is 1.02. The average molecular weight is 193 g/mol. The molecule has 2 N–H and O–H groups in total. The van der Waals surface area contributed by atoms with E-state index in [-0.39, 0.29) is 0 Å². The Bertz CT molecular complexity index is 360. The molecule has 0 heterocycles. The van der Waals surface area contributed by atoms with Crippen LogP contribution >= 0.6 is 0 Å². The van der Waals surface area contributed by atoms with Gasteiger partial charge in [-0.3, -0.25) is 4.79 Å². The summed E-state index contributed by atoms with van der Waals surface area (Å²) >= 11 is 0. The molecule has 1 rings (SSSR count). The van der Waals surface area contributed by atoms with Crippen LogP contribution in [0.25, 0.3) is 0 Å². The van der Waals surface area contributed by atoms with Gasteiger partial charge in [0.1, 0.15) is 0 Å². The molecule has 0 aliphatic rings. The minimum atomic E-state index is -0.449. The highest BCUT2D eigenvalue weighted by atomic mass is 16.5. The van der Waals surface area contributed by atoms with Gasteiger partial charge in [-0.05, 0) is 25.1 Å². The maximum atomic E-state index is 11.2. The van der Waals surface area contributed by atoms with Gasteiger partial charge >= 0.3 is 5.97 Å². The van der Waals surface area contributed by atoms with Crippen molar-refractivity contribution in [3.8, 4) is 0 Å². The summed E-state index contributed by atoms with van der Waals surface area (Å²) < 4.78 is 4.77. The Kier molecular flexibility index (Phi) is 3.23. The highest BCUT2D eigenvalue weighted by Gasteiger charge is 2.08. The third-order valence-electron chi connectivity index (χ3n) is 1.72. The van der Waals surface area contributed by atoms with Crippen molar-refractivity contribution < 1.29 is 14.3 Å². The summed E-state index contributed by atoms with van der Waals surface area (Å²) in [5.74, 6) is -0.449. The van der Waals surface area contributed by atoms with Gasteiger partial charge in [-0.1, -0.05) is 0 Å². The quantitative estimate of drug-likeness (QED) is 0.445. The van der Waals surface area contributed by atoms with Gasteiger partial charge in [-0.25, -0.2) is 4.79 Å². The number of nitrogen functional groups attached to an aromatic ring is 1. The third kappa shape index (κ3) is 2.10. The van der Waals surface area contributed by atoms with Gasteiger partial charge in [0.2, 0.25) is 0 Å². The molecule has 0 fully saturated rings. The van der Waals surface area contributed by atoms with E-state index in [2.05, 4.69) is 0 Å². The second kappa shape index (κ2) is 4.41. The molecule has 0 unspecified atom stereocenters. The lowest BCUT2D eigenvalue weighted by Crippen LogP contribution is -2.06. The van der Waals surface area contributed by atoms with Crippen molar-refractivity contribution >= 4 is 17.9 Å². The number of hydrogen-bond donors (Lipinski definition) is 1. The van der Waals surface area contributed by atoms with Crippen LogP contribution in [-0.4, -0.2) is 18.9 Å². The summed E-state index contributed by atoms with van der Waals surface area (Å²) in [7, 11) is 0. The van der Waals surface area contributed by atoms with Crippen LogP contribution in [0.15, 0.2) is 18.2 Å². The maximum Gasteiger partial charge on any atom is 0.338 e. The largest absolute Gasteiger partial charge is 0.462 e. The van der Waals surface area contributed by atoms with Crippen molar-refractivity contribution in [2.45, 2.75) is 6.92 Å². The first-order chi connectivity index (χ1) is 6.69. The lowest BCUT2D eigenvalue weighted by molar-refractivity contribution is 0.0526. The summed E-state index contributed by atoms with van der Waals surface area (Å²) in [6, 6.07) is 4.46. The summed E-state index contributed by atoms with van der Waals surface area (Å²) in [4.78, 5) is 21.8. The van der Waals surface area contributed by atoms with E-state index in [4.69, 9.17) is 10.5 Å². The smallest absolute Gasteiger partial charge is 0.338 e. The van der Waals surface area contributed by atoms with Gasteiger partial charge in [0, 0.05) is 11.3 Å². The molecule has 0 aliphatic carbocycles. The Labute approximate surface area is 81.7 Å². The first-order valence-electron chi connectivity index (χ1n) is 4.21. The van der Waals surface area contributed by atoms with Crippen molar-refractivity contribution in [1.82, 2.24) is 0 Å². The van der Waals surface area contributed by atoms with Crippen molar-refractivity contribution in [2.24, 2.45) is 0 Å². The van der Waals surface area contributed by atoms with Gasteiger partial charge in [-0.15, -0.1) is 0 Å². The molecule has 4 nitrogen and oxygen atoms in total. The monoisotopic (exact) mass is 193 g/mol. The number of anilines is 1. The lowest BCUT2D eigenvalue weighted by Gasteiger charge is -2.03. The molecule has 0 saturated heterocycles. The fourth-order valence-electron chi connectivity index (χ4n) is 1.02. The van der Waals surface area contributed by atoms with E-state index >= 15 is 0 Å². The molecule has 0 radical (unpaired) electrons. The molecule has 0 bridgehead atoms. The number of nitrogens with two attached hydrogens (primary N) is 1. The Morgan fingerprint density at radius 2 is 2.29 bits per heavy atom. The number of benzene rings is 1. The van der Waals surface area contributed by atoms with E-state index in [1.54, 1.807) is 6.92 Å². The number of carbonyl (C=O) groups excluding carboxylic acids is 2. The number of carbonyl (C=O) groups is 2. The summed E-state index contributed by atoms with van der Waals surface area (Å²) in [6.07, 6.45) is 0.609. The zero-order valence-electron chi connectivity index (χ0n) is 7.82. The number of ether oxygens (including phenoxy) is 1. The molecule has 0 spiro atoms. The predicted octanol–water partition coefficient (Wildman–Crippen LogP) is 1.26. The molecule has 0 aromatic heterocycles. The maximum absolute atomic E-state index is 11.2. The second-order valence-electron chi connectivity index (χ2n) is 2.68. The first-order valence-corrected chi connectivity index (χ1v) is 4.21. The Morgan fingerprint density at radius 1 is 1.57 bits per heavy atom. The Balaban J connectivity index is 3.00. The topological polar surface area (TPSA) is 69.4 Å². The molecule has 0 atom stereocenters. The van der Waals surface area contributed by atoms with Crippen LogP contribution in [0.3, 0.4) is 0 Å². The Morgan fingerprint density at radius 3 is 2.86 bits per heavy atom. The number of esters is 1. The second-order valence-corrected chi connectivity index (χ2v) is 2.68. The van der Waals surface area contributed by atoms with E-state index in [0.717, 1.165) is 0 Å². The zero-order valence-corrected chi connectivity index (χ0v) is 7.82. The molecule has 14 heavy (non-hydrogen) atoms.